The van der Waals surface area contributed by atoms with E-state index in [0.717, 1.165) is 25.1 Å². The number of benzene rings is 1. The van der Waals surface area contributed by atoms with Crippen molar-refractivity contribution in [2.45, 2.75) is 26.7 Å². The maximum absolute atomic E-state index is 11.8. The normalized spacial score (nSPS) is 11.3. The monoisotopic (exact) mass is 233 g/mol. The SMILES string of the molecule is CCCCN/C(C)=C/C(=O)c1ccccc1O. The van der Waals surface area contributed by atoms with Gasteiger partial charge in [0.05, 0.1) is 5.56 Å². The molecule has 0 aliphatic carbocycles. The molecule has 3 heteroatoms. The molecule has 0 amide bonds. The highest BCUT2D eigenvalue weighted by atomic mass is 16.3. The zero-order chi connectivity index (χ0) is 12.7. The van der Waals surface area contributed by atoms with Gasteiger partial charge in [0.15, 0.2) is 5.78 Å². The van der Waals surface area contributed by atoms with Gasteiger partial charge in [-0.15, -0.1) is 0 Å². The molecule has 0 aliphatic heterocycles. The molecule has 17 heavy (non-hydrogen) atoms. The van der Waals surface area contributed by atoms with Gasteiger partial charge in [-0.3, -0.25) is 4.79 Å². The lowest BCUT2D eigenvalue weighted by molar-refractivity contribution is 0.104. The predicted molar refractivity (Wildman–Crippen MR) is 69.1 cm³/mol. The van der Waals surface area contributed by atoms with Crippen molar-refractivity contribution in [3.63, 3.8) is 0 Å². The van der Waals surface area contributed by atoms with Crippen LogP contribution in [0.15, 0.2) is 36.0 Å². The molecule has 0 unspecified atom stereocenters. The predicted octanol–water partition coefficient (Wildman–Crippen LogP) is 2.87. The highest BCUT2D eigenvalue weighted by molar-refractivity contribution is 6.06. The van der Waals surface area contributed by atoms with Crippen LogP contribution in [-0.2, 0) is 0 Å². The van der Waals surface area contributed by atoms with E-state index in [-0.39, 0.29) is 11.5 Å². The van der Waals surface area contributed by atoms with Crippen molar-refractivity contribution in [2.75, 3.05) is 6.54 Å². The number of hydrogen-bond acceptors (Lipinski definition) is 3. The standard InChI is InChI=1S/C14H19NO2/c1-3-4-9-15-11(2)10-14(17)12-7-5-6-8-13(12)16/h5-8,10,15-16H,3-4,9H2,1-2H3/b11-10+. The molecule has 0 radical (unpaired) electrons. The number of hydrogen-bond donors (Lipinski definition) is 2. The number of phenolic OH excluding ortho intramolecular Hbond substituents is 1. The number of rotatable bonds is 6. The second-order valence-electron chi connectivity index (χ2n) is 3.99. The van der Waals surface area contributed by atoms with Crippen molar-refractivity contribution < 1.29 is 9.90 Å². The minimum atomic E-state index is -0.176. The van der Waals surface area contributed by atoms with E-state index in [1.807, 2.05) is 6.92 Å². The van der Waals surface area contributed by atoms with Crippen LogP contribution in [0.3, 0.4) is 0 Å². The van der Waals surface area contributed by atoms with Gasteiger partial charge in [0.2, 0.25) is 0 Å². The van der Waals surface area contributed by atoms with E-state index in [2.05, 4.69) is 12.2 Å². The van der Waals surface area contributed by atoms with E-state index in [9.17, 15) is 9.90 Å². The summed E-state index contributed by atoms with van der Waals surface area (Å²) in [6.45, 7) is 4.84. The molecule has 3 nitrogen and oxygen atoms in total. The summed E-state index contributed by atoms with van der Waals surface area (Å²) in [7, 11) is 0. The largest absolute Gasteiger partial charge is 0.507 e. The maximum Gasteiger partial charge on any atom is 0.191 e. The molecule has 92 valence electrons. The van der Waals surface area contributed by atoms with Crippen molar-refractivity contribution in [3.8, 4) is 5.75 Å². The van der Waals surface area contributed by atoms with Crippen LogP contribution >= 0.6 is 0 Å². The van der Waals surface area contributed by atoms with Crippen LogP contribution in [0.2, 0.25) is 0 Å². The second-order valence-corrected chi connectivity index (χ2v) is 3.99. The Labute approximate surface area is 102 Å². The average molecular weight is 233 g/mol. The molecule has 0 spiro atoms. The molecular formula is C14H19NO2. The smallest absolute Gasteiger partial charge is 0.191 e. The third-order valence-electron chi connectivity index (χ3n) is 2.45. The fourth-order valence-corrected chi connectivity index (χ4v) is 1.47. The average Bonchev–Trinajstić information content (AvgIpc) is 2.29. The summed E-state index contributed by atoms with van der Waals surface area (Å²) in [6, 6.07) is 6.57. The summed E-state index contributed by atoms with van der Waals surface area (Å²) in [5, 5.41) is 12.7. The minimum absolute atomic E-state index is 0.0232. The minimum Gasteiger partial charge on any atom is -0.507 e. The number of carbonyl (C=O) groups excluding carboxylic acids is 1. The van der Waals surface area contributed by atoms with Gasteiger partial charge in [-0.05, 0) is 25.5 Å². The zero-order valence-electron chi connectivity index (χ0n) is 10.4. The zero-order valence-corrected chi connectivity index (χ0v) is 10.4. The van der Waals surface area contributed by atoms with E-state index < -0.39 is 0 Å². The Bertz CT molecular complexity index is 410. The molecule has 0 saturated carbocycles. The number of phenols is 1. The first-order valence-electron chi connectivity index (χ1n) is 5.89. The van der Waals surface area contributed by atoms with E-state index in [1.165, 1.54) is 12.1 Å². The first-order chi connectivity index (χ1) is 8.15. The van der Waals surface area contributed by atoms with Crippen LogP contribution in [0.4, 0.5) is 0 Å². The lowest BCUT2D eigenvalue weighted by Gasteiger charge is -2.05. The summed E-state index contributed by atoms with van der Waals surface area (Å²) in [6.07, 6.45) is 3.72. The Morgan fingerprint density at radius 2 is 2.12 bits per heavy atom. The third-order valence-corrected chi connectivity index (χ3v) is 2.45. The van der Waals surface area contributed by atoms with Gasteiger partial charge in [0, 0.05) is 18.3 Å². The summed E-state index contributed by atoms with van der Waals surface area (Å²) < 4.78 is 0. The molecule has 0 fully saturated rings. The van der Waals surface area contributed by atoms with Gasteiger partial charge in [-0.25, -0.2) is 0 Å². The van der Waals surface area contributed by atoms with Gasteiger partial charge >= 0.3 is 0 Å². The molecule has 0 bridgehead atoms. The molecule has 0 atom stereocenters. The first-order valence-corrected chi connectivity index (χ1v) is 5.89. The fraction of sp³-hybridized carbons (Fsp3) is 0.357. The maximum atomic E-state index is 11.8. The number of carbonyl (C=O) groups is 1. The van der Waals surface area contributed by atoms with Gasteiger partial charge < -0.3 is 10.4 Å². The highest BCUT2D eigenvalue weighted by Crippen LogP contribution is 2.16. The van der Waals surface area contributed by atoms with E-state index in [4.69, 9.17) is 0 Å². The van der Waals surface area contributed by atoms with Crippen LogP contribution < -0.4 is 5.32 Å². The van der Waals surface area contributed by atoms with E-state index in [0.29, 0.717) is 5.56 Å². The number of nitrogens with one attached hydrogen (secondary N) is 1. The molecule has 0 aliphatic rings. The molecule has 2 N–H and O–H groups in total. The lowest BCUT2D eigenvalue weighted by Crippen LogP contribution is -2.13. The van der Waals surface area contributed by atoms with Crippen LogP contribution in [0.5, 0.6) is 5.75 Å². The Morgan fingerprint density at radius 1 is 1.41 bits per heavy atom. The summed E-state index contributed by atoms with van der Waals surface area (Å²) >= 11 is 0. The molecule has 1 rings (SSSR count). The highest BCUT2D eigenvalue weighted by Gasteiger charge is 2.07. The van der Waals surface area contributed by atoms with Crippen molar-refractivity contribution in [3.05, 3.63) is 41.6 Å². The van der Waals surface area contributed by atoms with Gasteiger partial charge in [0.25, 0.3) is 0 Å². The number of ketones is 1. The number of allylic oxidation sites excluding steroid dienone is 2. The van der Waals surface area contributed by atoms with Crippen molar-refractivity contribution in [1.82, 2.24) is 5.32 Å². The Morgan fingerprint density at radius 3 is 2.76 bits per heavy atom. The van der Waals surface area contributed by atoms with Crippen LogP contribution in [0.1, 0.15) is 37.0 Å². The van der Waals surface area contributed by atoms with Crippen molar-refractivity contribution >= 4 is 5.78 Å². The quantitative estimate of drug-likeness (QED) is 0.451. The number of aromatic hydroxyl groups is 1. The van der Waals surface area contributed by atoms with E-state index >= 15 is 0 Å². The number of para-hydroxylation sites is 1. The summed E-state index contributed by atoms with van der Waals surface area (Å²) in [5.74, 6) is -0.153. The van der Waals surface area contributed by atoms with Crippen molar-refractivity contribution in [1.29, 1.82) is 0 Å². The van der Waals surface area contributed by atoms with Gasteiger partial charge in [-0.1, -0.05) is 25.5 Å². The fourth-order valence-electron chi connectivity index (χ4n) is 1.47. The van der Waals surface area contributed by atoms with Crippen LogP contribution in [0, 0.1) is 0 Å². The lowest BCUT2D eigenvalue weighted by atomic mass is 10.1. The summed E-state index contributed by atoms with van der Waals surface area (Å²) in [4.78, 5) is 11.8. The third kappa shape index (κ3) is 4.31. The molecule has 0 aromatic heterocycles. The first kappa shape index (κ1) is 13.3. The molecular weight excluding hydrogens is 214 g/mol. The van der Waals surface area contributed by atoms with Crippen molar-refractivity contribution in [2.24, 2.45) is 0 Å². The van der Waals surface area contributed by atoms with Crippen LogP contribution in [0.25, 0.3) is 0 Å². The topological polar surface area (TPSA) is 49.3 Å². The number of unbranched alkanes of at least 4 members (excludes halogenated alkanes) is 1. The summed E-state index contributed by atoms with van der Waals surface area (Å²) in [5.41, 5.74) is 1.16. The molecule has 1 aromatic carbocycles. The van der Waals surface area contributed by atoms with Crippen LogP contribution in [-0.4, -0.2) is 17.4 Å². The molecule has 0 heterocycles. The van der Waals surface area contributed by atoms with Gasteiger partial charge in [0.1, 0.15) is 5.75 Å². The molecule has 0 saturated heterocycles. The Balaban J connectivity index is 2.65. The second kappa shape index (κ2) is 6.74. The van der Waals surface area contributed by atoms with Gasteiger partial charge in [-0.2, -0.15) is 0 Å². The van der Waals surface area contributed by atoms with E-state index in [1.54, 1.807) is 18.2 Å². The Hall–Kier alpha value is -1.77. The Kier molecular flexibility index (Phi) is 5.27. The molecule has 1 aromatic rings.